The van der Waals surface area contributed by atoms with Crippen LogP contribution in [0.1, 0.15) is 12.5 Å². The lowest BCUT2D eigenvalue weighted by Gasteiger charge is -2.11. The van der Waals surface area contributed by atoms with Crippen molar-refractivity contribution in [3.63, 3.8) is 0 Å². The molecule has 6 heteroatoms. The van der Waals surface area contributed by atoms with Gasteiger partial charge >= 0.3 is 0 Å². The molecule has 1 amide bonds. The summed E-state index contributed by atoms with van der Waals surface area (Å²) in [4.78, 5) is 11.3. The molecular weight excluding hydrogens is 270 g/mol. The number of hydrogen-bond acceptors (Lipinski definition) is 5. The van der Waals surface area contributed by atoms with E-state index in [0.29, 0.717) is 23.6 Å². The molecule has 21 heavy (non-hydrogen) atoms. The minimum Gasteiger partial charge on any atom is -0.493 e. The molecule has 108 valence electrons. The smallest absolute Gasteiger partial charge is 0.257 e. The second-order valence-corrected chi connectivity index (χ2v) is 3.93. The number of amides is 1. The van der Waals surface area contributed by atoms with Gasteiger partial charge in [0.05, 0.1) is 7.11 Å². The lowest BCUT2D eigenvalue weighted by Crippen LogP contribution is -2.28. The van der Waals surface area contributed by atoms with Gasteiger partial charge in [-0.25, -0.2) is 0 Å². The van der Waals surface area contributed by atoms with E-state index in [2.05, 4.69) is 5.32 Å². The third kappa shape index (κ3) is 4.88. The summed E-state index contributed by atoms with van der Waals surface area (Å²) in [6, 6.07) is 8.48. The predicted molar refractivity (Wildman–Crippen MR) is 76.4 cm³/mol. The van der Waals surface area contributed by atoms with Gasteiger partial charge in [0.25, 0.3) is 5.91 Å². The Hall–Kier alpha value is -2.99. The van der Waals surface area contributed by atoms with E-state index in [0.717, 1.165) is 0 Å². The normalized spacial score (nSPS) is 8.95. The van der Waals surface area contributed by atoms with E-state index in [1.54, 1.807) is 30.3 Å². The monoisotopic (exact) mass is 285 g/mol. The second kappa shape index (κ2) is 8.23. The highest BCUT2D eigenvalue weighted by Crippen LogP contribution is 2.28. The minimum atomic E-state index is -0.222. The SMILES string of the molecule is CCNC(=O)COc1ccc(C=C(C#N)C#N)cc1OC. The van der Waals surface area contributed by atoms with Crippen molar-refractivity contribution in [2.45, 2.75) is 6.92 Å². The van der Waals surface area contributed by atoms with E-state index >= 15 is 0 Å². The number of hydrogen-bond donors (Lipinski definition) is 1. The number of methoxy groups -OCH3 is 1. The van der Waals surface area contributed by atoms with Crippen LogP contribution in [-0.2, 0) is 4.79 Å². The summed E-state index contributed by atoms with van der Waals surface area (Å²) in [5.41, 5.74) is 0.628. The molecule has 1 rings (SSSR count). The third-order valence-electron chi connectivity index (χ3n) is 2.47. The van der Waals surface area contributed by atoms with Crippen LogP contribution in [0.4, 0.5) is 0 Å². The number of carbonyl (C=O) groups excluding carboxylic acids is 1. The van der Waals surface area contributed by atoms with Crippen molar-refractivity contribution in [3.8, 4) is 23.6 Å². The molecule has 1 aromatic carbocycles. The molecule has 0 saturated heterocycles. The van der Waals surface area contributed by atoms with E-state index < -0.39 is 0 Å². The Morgan fingerprint density at radius 2 is 2.05 bits per heavy atom. The Morgan fingerprint density at radius 1 is 1.33 bits per heavy atom. The number of ether oxygens (including phenoxy) is 2. The first-order valence-electron chi connectivity index (χ1n) is 6.24. The first-order valence-corrected chi connectivity index (χ1v) is 6.24. The van der Waals surface area contributed by atoms with E-state index in [9.17, 15) is 4.79 Å². The van der Waals surface area contributed by atoms with Crippen molar-refractivity contribution in [2.24, 2.45) is 0 Å². The first-order chi connectivity index (χ1) is 10.1. The van der Waals surface area contributed by atoms with Crippen LogP contribution in [0, 0.1) is 22.7 Å². The zero-order valence-corrected chi connectivity index (χ0v) is 11.8. The summed E-state index contributed by atoms with van der Waals surface area (Å²) < 4.78 is 10.5. The van der Waals surface area contributed by atoms with Crippen LogP contribution in [-0.4, -0.2) is 26.2 Å². The molecule has 1 N–H and O–H groups in total. The molecule has 0 saturated carbocycles. The number of nitriles is 2. The Morgan fingerprint density at radius 3 is 2.62 bits per heavy atom. The molecule has 1 aromatic rings. The highest BCUT2D eigenvalue weighted by molar-refractivity contribution is 5.77. The van der Waals surface area contributed by atoms with Gasteiger partial charge in [-0.3, -0.25) is 4.79 Å². The van der Waals surface area contributed by atoms with Crippen LogP contribution in [0.3, 0.4) is 0 Å². The molecule has 0 atom stereocenters. The lowest BCUT2D eigenvalue weighted by atomic mass is 10.1. The third-order valence-corrected chi connectivity index (χ3v) is 2.47. The summed E-state index contributed by atoms with van der Waals surface area (Å²) >= 11 is 0. The van der Waals surface area contributed by atoms with Gasteiger partial charge in [-0.05, 0) is 30.7 Å². The van der Waals surface area contributed by atoms with Gasteiger partial charge in [0, 0.05) is 6.54 Å². The predicted octanol–water partition coefficient (Wildman–Crippen LogP) is 1.64. The van der Waals surface area contributed by atoms with Gasteiger partial charge in [0.15, 0.2) is 18.1 Å². The van der Waals surface area contributed by atoms with Gasteiger partial charge < -0.3 is 14.8 Å². The number of likely N-dealkylation sites (N-methyl/N-ethyl adjacent to an activating group) is 1. The molecule has 0 aliphatic rings. The molecule has 0 heterocycles. The number of benzene rings is 1. The molecule has 0 aliphatic heterocycles. The zero-order valence-electron chi connectivity index (χ0n) is 11.8. The number of carbonyl (C=O) groups is 1. The Kier molecular flexibility index (Phi) is 6.30. The maximum atomic E-state index is 11.3. The van der Waals surface area contributed by atoms with Crippen LogP contribution in [0.15, 0.2) is 23.8 Å². The Labute approximate surface area is 123 Å². The molecule has 0 fully saturated rings. The molecule has 0 aliphatic carbocycles. The summed E-state index contributed by atoms with van der Waals surface area (Å²) in [5.74, 6) is 0.611. The van der Waals surface area contributed by atoms with E-state index in [-0.39, 0.29) is 18.1 Å². The maximum Gasteiger partial charge on any atom is 0.257 e. The number of nitrogens with zero attached hydrogens (tertiary/aromatic N) is 2. The molecule has 0 unspecified atom stereocenters. The highest BCUT2D eigenvalue weighted by atomic mass is 16.5. The van der Waals surface area contributed by atoms with Crippen molar-refractivity contribution < 1.29 is 14.3 Å². The highest BCUT2D eigenvalue weighted by Gasteiger charge is 2.08. The molecule has 0 spiro atoms. The standard InChI is InChI=1S/C15H15N3O3/c1-3-18-15(19)10-21-13-5-4-11(7-14(13)20-2)6-12(8-16)9-17/h4-7H,3,10H2,1-2H3,(H,18,19). The second-order valence-electron chi connectivity index (χ2n) is 3.93. The topological polar surface area (TPSA) is 95.1 Å². The molecule has 0 aromatic heterocycles. The van der Waals surface area contributed by atoms with Crippen LogP contribution in [0.2, 0.25) is 0 Å². The fourth-order valence-corrected chi connectivity index (χ4v) is 1.54. The molecule has 0 bridgehead atoms. The Bertz CT molecular complexity index is 608. The van der Waals surface area contributed by atoms with Gasteiger partial charge in [-0.1, -0.05) is 6.07 Å². The summed E-state index contributed by atoms with van der Waals surface area (Å²) in [7, 11) is 1.47. The average molecular weight is 285 g/mol. The fourth-order valence-electron chi connectivity index (χ4n) is 1.54. The van der Waals surface area contributed by atoms with E-state index in [4.69, 9.17) is 20.0 Å². The van der Waals surface area contributed by atoms with Crippen LogP contribution in [0.5, 0.6) is 11.5 Å². The molecule has 6 nitrogen and oxygen atoms in total. The number of allylic oxidation sites excluding steroid dienone is 1. The number of rotatable bonds is 6. The van der Waals surface area contributed by atoms with Gasteiger partial charge in [-0.2, -0.15) is 10.5 Å². The van der Waals surface area contributed by atoms with Crippen LogP contribution < -0.4 is 14.8 Å². The van der Waals surface area contributed by atoms with Crippen LogP contribution in [0.25, 0.3) is 6.08 Å². The van der Waals surface area contributed by atoms with Crippen molar-refractivity contribution in [1.29, 1.82) is 10.5 Å². The summed E-state index contributed by atoms with van der Waals surface area (Å²) in [5, 5.41) is 20.1. The quantitative estimate of drug-likeness (QED) is 0.802. The lowest BCUT2D eigenvalue weighted by molar-refractivity contribution is -0.123. The summed E-state index contributed by atoms with van der Waals surface area (Å²) in [6.45, 7) is 2.25. The van der Waals surface area contributed by atoms with Crippen molar-refractivity contribution in [2.75, 3.05) is 20.3 Å². The van der Waals surface area contributed by atoms with Gasteiger partial charge in [-0.15, -0.1) is 0 Å². The van der Waals surface area contributed by atoms with Crippen molar-refractivity contribution >= 4 is 12.0 Å². The minimum absolute atomic E-state index is 0.00644. The molecular formula is C15H15N3O3. The number of nitrogens with one attached hydrogen (secondary N) is 1. The van der Waals surface area contributed by atoms with E-state index in [1.807, 2.05) is 6.92 Å². The van der Waals surface area contributed by atoms with E-state index in [1.165, 1.54) is 13.2 Å². The van der Waals surface area contributed by atoms with Gasteiger partial charge in [0.1, 0.15) is 17.7 Å². The maximum absolute atomic E-state index is 11.3. The first kappa shape index (κ1) is 16.1. The van der Waals surface area contributed by atoms with Gasteiger partial charge in [0.2, 0.25) is 0 Å². The average Bonchev–Trinajstić information content (AvgIpc) is 2.51. The Balaban J connectivity index is 2.90. The largest absolute Gasteiger partial charge is 0.493 e. The fraction of sp³-hybridized carbons (Fsp3) is 0.267. The van der Waals surface area contributed by atoms with Crippen LogP contribution >= 0.6 is 0 Å². The molecule has 0 radical (unpaired) electrons. The van der Waals surface area contributed by atoms with Crippen molar-refractivity contribution in [1.82, 2.24) is 5.32 Å². The zero-order chi connectivity index (χ0) is 15.7. The summed E-state index contributed by atoms with van der Waals surface area (Å²) in [6.07, 6.45) is 1.44. The van der Waals surface area contributed by atoms with Crippen molar-refractivity contribution in [3.05, 3.63) is 29.3 Å².